The summed E-state index contributed by atoms with van der Waals surface area (Å²) in [7, 11) is 0. The van der Waals surface area contributed by atoms with Gasteiger partial charge >= 0.3 is 6.18 Å². The maximum atomic E-state index is 12.7. The molecule has 2 aromatic heterocycles. The zero-order chi connectivity index (χ0) is 16.0. The van der Waals surface area contributed by atoms with Crippen LogP contribution in [0.2, 0.25) is 0 Å². The van der Waals surface area contributed by atoms with Crippen LogP contribution in [0.15, 0.2) is 65.1 Å². The van der Waals surface area contributed by atoms with Gasteiger partial charge in [-0.2, -0.15) is 13.2 Å². The molecule has 114 valence electrons. The lowest BCUT2D eigenvalue weighted by atomic mass is 10.1. The molecule has 2 heterocycles. The van der Waals surface area contributed by atoms with Gasteiger partial charge in [0.15, 0.2) is 0 Å². The van der Waals surface area contributed by atoms with Gasteiger partial charge in [0, 0.05) is 16.3 Å². The Balaban J connectivity index is 1.82. The molecule has 0 aliphatic carbocycles. The summed E-state index contributed by atoms with van der Waals surface area (Å²) < 4.78 is 43.9. The van der Waals surface area contributed by atoms with E-state index in [1.165, 1.54) is 6.07 Å². The molecule has 4 rings (SSSR count). The number of alkyl halides is 3. The van der Waals surface area contributed by atoms with E-state index in [1.54, 1.807) is 18.2 Å². The Morgan fingerprint density at radius 3 is 2.43 bits per heavy atom. The number of hydrogen-bond acceptors (Lipinski definition) is 2. The Morgan fingerprint density at radius 1 is 0.826 bits per heavy atom. The molecule has 0 bridgehead atoms. The van der Waals surface area contributed by atoms with Gasteiger partial charge in [-0.3, -0.25) is 0 Å². The molecule has 0 saturated carbocycles. The molecule has 2 aromatic carbocycles. The smallest absolute Gasteiger partial charge is 0.433 e. The Hall–Kier alpha value is -2.82. The van der Waals surface area contributed by atoms with Crippen LogP contribution in [0, 0.1) is 0 Å². The van der Waals surface area contributed by atoms with Crippen LogP contribution in [-0.4, -0.2) is 4.98 Å². The number of fused-ring (bicyclic) bond motifs is 2. The van der Waals surface area contributed by atoms with E-state index in [0.717, 1.165) is 22.6 Å². The lowest BCUT2D eigenvalue weighted by Crippen LogP contribution is -2.07. The fourth-order valence-corrected chi connectivity index (χ4v) is 2.56. The van der Waals surface area contributed by atoms with Crippen LogP contribution < -0.4 is 0 Å². The van der Waals surface area contributed by atoms with E-state index < -0.39 is 11.9 Å². The van der Waals surface area contributed by atoms with Gasteiger partial charge in [0.2, 0.25) is 0 Å². The highest BCUT2D eigenvalue weighted by Crippen LogP contribution is 2.32. The van der Waals surface area contributed by atoms with Crippen molar-refractivity contribution in [1.29, 1.82) is 0 Å². The van der Waals surface area contributed by atoms with Crippen molar-refractivity contribution < 1.29 is 17.6 Å². The predicted octanol–water partition coefficient (Wildman–Crippen LogP) is 5.67. The molecule has 0 aliphatic rings. The predicted molar refractivity (Wildman–Crippen MR) is 82.0 cm³/mol. The normalized spacial score (nSPS) is 12.1. The Morgan fingerprint density at radius 2 is 1.65 bits per heavy atom. The van der Waals surface area contributed by atoms with E-state index in [1.807, 2.05) is 30.3 Å². The van der Waals surface area contributed by atoms with Gasteiger partial charge in [0.25, 0.3) is 0 Å². The molecular formula is C18H10F3NO. The Labute approximate surface area is 129 Å². The van der Waals surface area contributed by atoms with E-state index in [9.17, 15) is 13.2 Å². The second-order valence-electron chi connectivity index (χ2n) is 5.25. The summed E-state index contributed by atoms with van der Waals surface area (Å²) in [5.41, 5.74) is 0.990. The topological polar surface area (TPSA) is 26.0 Å². The molecule has 0 N–H and O–H groups in total. The number of hydrogen-bond donors (Lipinski definition) is 0. The summed E-state index contributed by atoms with van der Waals surface area (Å²) in [6.07, 6.45) is -4.44. The molecule has 5 heteroatoms. The van der Waals surface area contributed by atoms with Gasteiger partial charge in [0.1, 0.15) is 17.0 Å². The molecule has 0 amide bonds. The van der Waals surface area contributed by atoms with E-state index in [2.05, 4.69) is 4.98 Å². The summed E-state index contributed by atoms with van der Waals surface area (Å²) in [4.78, 5) is 3.67. The summed E-state index contributed by atoms with van der Waals surface area (Å²) in [6, 6.07) is 17.0. The van der Waals surface area contributed by atoms with E-state index in [-0.39, 0.29) is 0 Å². The number of rotatable bonds is 1. The molecule has 0 atom stereocenters. The fraction of sp³-hybridized carbons (Fsp3) is 0.0556. The van der Waals surface area contributed by atoms with Gasteiger partial charge < -0.3 is 4.42 Å². The van der Waals surface area contributed by atoms with Crippen LogP contribution in [0.25, 0.3) is 33.2 Å². The van der Waals surface area contributed by atoms with Gasteiger partial charge in [-0.15, -0.1) is 0 Å². The highest BCUT2D eigenvalue weighted by Gasteiger charge is 2.32. The molecule has 0 fully saturated rings. The highest BCUT2D eigenvalue weighted by molar-refractivity contribution is 5.87. The number of benzene rings is 2. The number of nitrogens with zero attached hydrogens (tertiary/aromatic N) is 1. The Bertz CT molecular complexity index is 985. The molecule has 0 saturated heterocycles. The zero-order valence-corrected chi connectivity index (χ0v) is 11.8. The minimum Gasteiger partial charge on any atom is -0.456 e. The average molecular weight is 313 g/mol. The first-order valence-corrected chi connectivity index (χ1v) is 6.98. The molecular weight excluding hydrogens is 303 g/mol. The van der Waals surface area contributed by atoms with Crippen molar-refractivity contribution in [3.8, 4) is 11.3 Å². The number of furan rings is 1. The minimum absolute atomic E-state index is 0.305. The van der Waals surface area contributed by atoms with Crippen molar-refractivity contribution >= 4 is 21.9 Å². The highest BCUT2D eigenvalue weighted by atomic mass is 19.4. The number of pyridine rings is 1. The molecule has 2 nitrogen and oxygen atoms in total. The Kier molecular flexibility index (Phi) is 2.91. The van der Waals surface area contributed by atoms with Crippen molar-refractivity contribution in [1.82, 2.24) is 4.98 Å². The van der Waals surface area contributed by atoms with Crippen LogP contribution in [0.5, 0.6) is 0 Å². The van der Waals surface area contributed by atoms with Crippen molar-refractivity contribution in [2.24, 2.45) is 0 Å². The van der Waals surface area contributed by atoms with Gasteiger partial charge in [-0.25, -0.2) is 4.98 Å². The van der Waals surface area contributed by atoms with Crippen LogP contribution >= 0.6 is 0 Å². The first kappa shape index (κ1) is 13.8. The third-order valence-corrected chi connectivity index (χ3v) is 3.69. The van der Waals surface area contributed by atoms with Crippen LogP contribution in [0.1, 0.15) is 5.69 Å². The second-order valence-corrected chi connectivity index (χ2v) is 5.25. The summed E-state index contributed by atoms with van der Waals surface area (Å²) in [5, 5.41) is 1.61. The van der Waals surface area contributed by atoms with E-state index in [4.69, 9.17) is 4.42 Å². The lowest BCUT2D eigenvalue weighted by molar-refractivity contribution is -0.140. The molecule has 0 aliphatic heterocycles. The quantitative estimate of drug-likeness (QED) is 0.453. The molecule has 0 radical (unpaired) electrons. The van der Waals surface area contributed by atoms with Crippen molar-refractivity contribution in [3.05, 3.63) is 66.4 Å². The number of para-hydroxylation sites is 1. The minimum atomic E-state index is -4.44. The molecule has 23 heavy (non-hydrogen) atoms. The van der Waals surface area contributed by atoms with Crippen LogP contribution in [0.3, 0.4) is 0 Å². The SMILES string of the molecule is FC(F)(F)c1ccc2cc(-c3cc4ccccc4o3)ccc2n1. The number of halogens is 3. The standard InChI is InChI=1S/C18H10F3NO/c19-18(20,21)17-8-6-11-9-13(5-7-14(11)22-17)16-10-12-3-1-2-4-15(12)23-16/h1-10H. The lowest BCUT2D eigenvalue weighted by Gasteiger charge is -2.07. The fourth-order valence-electron chi connectivity index (χ4n) is 2.56. The van der Waals surface area contributed by atoms with Crippen molar-refractivity contribution in [2.45, 2.75) is 6.18 Å². The summed E-state index contributed by atoms with van der Waals surface area (Å²) in [6.45, 7) is 0. The second kappa shape index (κ2) is 4.84. The first-order chi connectivity index (χ1) is 11.0. The molecule has 4 aromatic rings. The van der Waals surface area contributed by atoms with Gasteiger partial charge in [-0.1, -0.05) is 24.3 Å². The third-order valence-electron chi connectivity index (χ3n) is 3.69. The van der Waals surface area contributed by atoms with Gasteiger partial charge in [0.05, 0.1) is 5.52 Å². The summed E-state index contributed by atoms with van der Waals surface area (Å²) >= 11 is 0. The maximum Gasteiger partial charge on any atom is 0.433 e. The maximum absolute atomic E-state index is 12.7. The van der Waals surface area contributed by atoms with Crippen LogP contribution in [-0.2, 0) is 6.18 Å². The third kappa shape index (κ3) is 2.44. The molecule has 0 unspecified atom stereocenters. The molecule has 0 spiro atoms. The van der Waals surface area contributed by atoms with Crippen molar-refractivity contribution in [3.63, 3.8) is 0 Å². The largest absolute Gasteiger partial charge is 0.456 e. The van der Waals surface area contributed by atoms with E-state index in [0.29, 0.717) is 16.7 Å². The summed E-state index contributed by atoms with van der Waals surface area (Å²) in [5.74, 6) is 0.674. The zero-order valence-electron chi connectivity index (χ0n) is 11.8. The van der Waals surface area contributed by atoms with Gasteiger partial charge in [-0.05, 0) is 36.4 Å². The van der Waals surface area contributed by atoms with E-state index >= 15 is 0 Å². The monoisotopic (exact) mass is 313 g/mol. The average Bonchev–Trinajstić information content (AvgIpc) is 2.97. The first-order valence-electron chi connectivity index (χ1n) is 6.98. The number of aromatic nitrogens is 1. The van der Waals surface area contributed by atoms with Crippen LogP contribution in [0.4, 0.5) is 13.2 Å². The van der Waals surface area contributed by atoms with Crippen molar-refractivity contribution in [2.75, 3.05) is 0 Å².